The molecule has 1 N–H and O–H groups in total. The number of hydrogen-bond donors (Lipinski definition) is 1. The van der Waals surface area contributed by atoms with Gasteiger partial charge in [0.2, 0.25) is 0 Å². The summed E-state index contributed by atoms with van der Waals surface area (Å²) in [5.41, 5.74) is 1.18. The van der Waals surface area contributed by atoms with E-state index < -0.39 is 5.60 Å². The first-order valence-electron chi connectivity index (χ1n) is 9.74. The Kier molecular flexibility index (Phi) is 7.67. The molecule has 0 amide bonds. The van der Waals surface area contributed by atoms with E-state index in [0.29, 0.717) is 18.8 Å². The second-order valence-corrected chi connectivity index (χ2v) is 7.92. The summed E-state index contributed by atoms with van der Waals surface area (Å²) >= 11 is 0. The molecule has 0 aromatic heterocycles. The number of ketones is 1. The Morgan fingerprint density at radius 1 is 1.19 bits per heavy atom. The van der Waals surface area contributed by atoms with Gasteiger partial charge >= 0.3 is 5.97 Å². The van der Waals surface area contributed by atoms with Crippen LogP contribution < -0.4 is 5.32 Å². The van der Waals surface area contributed by atoms with E-state index in [-0.39, 0.29) is 24.7 Å². The van der Waals surface area contributed by atoms with Gasteiger partial charge < -0.3 is 10.1 Å². The lowest BCUT2D eigenvalue weighted by Crippen LogP contribution is -2.34. The molecule has 1 radical (unpaired) electrons. The van der Waals surface area contributed by atoms with Gasteiger partial charge in [-0.25, -0.2) is 0 Å². The molecule has 0 bridgehead atoms. The van der Waals surface area contributed by atoms with Gasteiger partial charge in [0.05, 0.1) is 0 Å². The smallest absolute Gasteiger partial charge is 0.325 e. The summed E-state index contributed by atoms with van der Waals surface area (Å²) in [7, 11) is 0. The zero-order valence-corrected chi connectivity index (χ0v) is 16.2. The molecule has 0 spiro atoms. The van der Waals surface area contributed by atoms with Gasteiger partial charge in [-0.15, -0.1) is 0 Å². The van der Waals surface area contributed by atoms with Gasteiger partial charge in [-0.1, -0.05) is 50.3 Å². The summed E-state index contributed by atoms with van der Waals surface area (Å²) in [5, 5.41) is 3.11. The Balaban J connectivity index is 1.77. The average Bonchev–Trinajstić information content (AvgIpc) is 2.60. The number of anilines is 1. The molecule has 1 aliphatic rings. The number of para-hydroxylation sites is 1. The van der Waals surface area contributed by atoms with Crippen molar-refractivity contribution < 1.29 is 14.3 Å². The quantitative estimate of drug-likeness (QED) is 0.649. The monoisotopic (exact) mass is 358 g/mol. The highest BCUT2D eigenvalue weighted by molar-refractivity contribution is 5.81. The summed E-state index contributed by atoms with van der Waals surface area (Å²) in [5.74, 6) is 0.368. The van der Waals surface area contributed by atoms with Crippen LogP contribution in [0.5, 0.6) is 0 Å². The predicted octanol–water partition coefficient (Wildman–Crippen LogP) is 4.73. The van der Waals surface area contributed by atoms with Crippen LogP contribution in [0.4, 0.5) is 5.69 Å². The van der Waals surface area contributed by atoms with Crippen molar-refractivity contribution in [2.45, 2.75) is 70.8 Å². The Labute approximate surface area is 157 Å². The number of benzene rings is 1. The maximum absolute atomic E-state index is 12.4. The third-order valence-corrected chi connectivity index (χ3v) is 4.96. The minimum atomic E-state index is -0.768. The summed E-state index contributed by atoms with van der Waals surface area (Å²) in [6.07, 6.45) is 7.62. The molecule has 4 heteroatoms. The molecule has 26 heavy (non-hydrogen) atoms. The van der Waals surface area contributed by atoms with Crippen LogP contribution in [0.1, 0.15) is 64.4 Å². The lowest BCUT2D eigenvalue weighted by Gasteiger charge is -2.26. The van der Waals surface area contributed by atoms with Crippen LogP contribution in [0.3, 0.4) is 0 Å². The maximum Gasteiger partial charge on any atom is 0.325 e. The molecule has 0 heterocycles. The predicted molar refractivity (Wildman–Crippen MR) is 105 cm³/mol. The molecule has 1 aliphatic carbocycles. The maximum atomic E-state index is 12.4. The van der Waals surface area contributed by atoms with E-state index in [4.69, 9.17) is 4.74 Å². The van der Waals surface area contributed by atoms with E-state index in [1.807, 2.05) is 38.1 Å². The fraction of sp³-hybridized carbons (Fsp3) is 0.591. The van der Waals surface area contributed by atoms with E-state index in [9.17, 15) is 9.59 Å². The number of carbonyl (C=O) groups excluding carboxylic acids is 2. The largest absolute Gasteiger partial charge is 0.458 e. The molecule has 0 atom stereocenters. The molecular formula is C22H32NO3. The van der Waals surface area contributed by atoms with Gasteiger partial charge in [-0.05, 0) is 44.7 Å². The first kappa shape index (κ1) is 20.5. The van der Waals surface area contributed by atoms with Crippen LogP contribution in [0.25, 0.3) is 0 Å². The van der Waals surface area contributed by atoms with Gasteiger partial charge in [0.15, 0.2) is 0 Å². The van der Waals surface area contributed by atoms with Crippen molar-refractivity contribution in [1.82, 2.24) is 0 Å². The normalized spacial score (nSPS) is 15.5. The highest BCUT2D eigenvalue weighted by Crippen LogP contribution is 2.28. The molecule has 1 aromatic carbocycles. The standard InChI is InChI=1S/C22H32NO3/c1-4-18-12-8-9-13-20(18)23-16-21(25)26-22(2,3)15-19(24)14-17-10-6-5-7-11-17/h8-9,12-13,17,23H,1,4-7,10-11,14-16H2,2-3H3. The van der Waals surface area contributed by atoms with E-state index in [2.05, 4.69) is 12.2 Å². The zero-order valence-electron chi connectivity index (χ0n) is 16.2. The second-order valence-electron chi connectivity index (χ2n) is 7.92. The van der Waals surface area contributed by atoms with E-state index in [0.717, 1.165) is 24.1 Å². The van der Waals surface area contributed by atoms with E-state index in [1.54, 1.807) is 0 Å². The Morgan fingerprint density at radius 2 is 1.88 bits per heavy atom. The van der Waals surface area contributed by atoms with Crippen LogP contribution in [0.2, 0.25) is 0 Å². The van der Waals surface area contributed by atoms with Gasteiger partial charge in [0, 0.05) is 18.5 Å². The second kappa shape index (κ2) is 9.75. The number of ether oxygens (including phenoxy) is 1. The third kappa shape index (κ3) is 6.81. The Morgan fingerprint density at radius 3 is 2.58 bits per heavy atom. The van der Waals surface area contributed by atoms with Crippen molar-refractivity contribution in [1.29, 1.82) is 0 Å². The fourth-order valence-corrected chi connectivity index (χ4v) is 3.72. The minimum absolute atomic E-state index is 0.0806. The van der Waals surface area contributed by atoms with Crippen molar-refractivity contribution in [2.24, 2.45) is 5.92 Å². The molecule has 1 aromatic rings. The first-order valence-corrected chi connectivity index (χ1v) is 9.74. The van der Waals surface area contributed by atoms with E-state index in [1.165, 1.54) is 19.3 Å². The number of carbonyl (C=O) groups is 2. The SMILES string of the molecule is [CH2]Cc1ccccc1NCC(=O)OC(C)(C)CC(=O)CC1CCCCC1. The van der Waals surface area contributed by atoms with Crippen molar-refractivity contribution in [3.8, 4) is 0 Å². The molecule has 143 valence electrons. The topological polar surface area (TPSA) is 55.4 Å². The van der Waals surface area contributed by atoms with Crippen LogP contribution in [0, 0.1) is 12.8 Å². The van der Waals surface area contributed by atoms with Crippen LogP contribution >= 0.6 is 0 Å². The lowest BCUT2D eigenvalue weighted by molar-refractivity contribution is -0.156. The molecule has 0 aliphatic heterocycles. The Hall–Kier alpha value is -1.84. The third-order valence-electron chi connectivity index (χ3n) is 4.96. The van der Waals surface area contributed by atoms with Crippen LogP contribution in [-0.2, 0) is 20.7 Å². The summed E-state index contributed by atoms with van der Waals surface area (Å²) in [4.78, 5) is 24.5. The molecule has 1 fully saturated rings. The van der Waals surface area contributed by atoms with Crippen LogP contribution in [-0.4, -0.2) is 23.9 Å². The van der Waals surface area contributed by atoms with Gasteiger partial charge in [-0.2, -0.15) is 0 Å². The molecule has 0 unspecified atom stereocenters. The van der Waals surface area contributed by atoms with Crippen molar-refractivity contribution in [2.75, 3.05) is 11.9 Å². The Bertz CT molecular complexity index is 603. The number of esters is 1. The van der Waals surface area contributed by atoms with E-state index >= 15 is 0 Å². The van der Waals surface area contributed by atoms with Crippen molar-refractivity contribution >= 4 is 17.4 Å². The van der Waals surface area contributed by atoms with Gasteiger partial charge in [-0.3, -0.25) is 9.59 Å². The summed E-state index contributed by atoms with van der Waals surface area (Å²) < 4.78 is 5.56. The minimum Gasteiger partial charge on any atom is -0.458 e. The number of rotatable bonds is 9. The van der Waals surface area contributed by atoms with Crippen molar-refractivity contribution in [3.05, 3.63) is 36.8 Å². The highest BCUT2D eigenvalue weighted by Gasteiger charge is 2.28. The number of Topliss-reactive ketones (excluding diaryl/α,β-unsaturated/α-hetero) is 1. The fourth-order valence-electron chi connectivity index (χ4n) is 3.72. The zero-order chi connectivity index (χ0) is 19.0. The first-order chi connectivity index (χ1) is 12.4. The lowest BCUT2D eigenvalue weighted by atomic mass is 9.84. The van der Waals surface area contributed by atoms with Gasteiger partial charge in [0.25, 0.3) is 0 Å². The molecule has 2 rings (SSSR count). The average molecular weight is 359 g/mol. The highest BCUT2D eigenvalue weighted by atomic mass is 16.6. The summed E-state index contributed by atoms with van der Waals surface area (Å²) in [6, 6.07) is 7.77. The number of nitrogens with one attached hydrogen (secondary N) is 1. The number of hydrogen-bond acceptors (Lipinski definition) is 4. The van der Waals surface area contributed by atoms with Crippen molar-refractivity contribution in [3.63, 3.8) is 0 Å². The summed E-state index contributed by atoms with van der Waals surface area (Å²) in [6.45, 7) is 7.60. The van der Waals surface area contributed by atoms with Crippen LogP contribution in [0.15, 0.2) is 24.3 Å². The molecule has 4 nitrogen and oxygen atoms in total. The molecule has 1 saturated carbocycles. The molecule has 0 saturated heterocycles. The van der Waals surface area contributed by atoms with Gasteiger partial charge in [0.1, 0.15) is 17.9 Å². The molecular weight excluding hydrogens is 326 g/mol.